The number of carbonyl (C=O) groups excluding carboxylic acids is 1. The van der Waals surface area contributed by atoms with Gasteiger partial charge in [0.15, 0.2) is 0 Å². The van der Waals surface area contributed by atoms with Crippen LogP contribution in [0.2, 0.25) is 0 Å². The molecule has 1 heterocycles. The van der Waals surface area contributed by atoms with Crippen molar-refractivity contribution in [2.24, 2.45) is 20.0 Å². The van der Waals surface area contributed by atoms with Crippen LogP contribution in [-0.2, 0) is 35.3 Å². The summed E-state index contributed by atoms with van der Waals surface area (Å²) in [6.07, 6.45) is 4.22. The van der Waals surface area contributed by atoms with Crippen LogP contribution in [0.4, 0.5) is 0 Å². The van der Waals surface area contributed by atoms with Crippen molar-refractivity contribution >= 4 is 26.8 Å². The van der Waals surface area contributed by atoms with E-state index in [4.69, 9.17) is 0 Å². The molecule has 2 aromatic carbocycles. The predicted molar refractivity (Wildman–Crippen MR) is 138 cm³/mol. The van der Waals surface area contributed by atoms with Crippen LogP contribution in [0.25, 0.3) is 10.9 Å². The van der Waals surface area contributed by atoms with E-state index in [1.165, 1.54) is 36.9 Å². The molecule has 0 spiro atoms. The molecular formula is C26H32N4O5S. The Morgan fingerprint density at radius 3 is 2.42 bits per heavy atom. The van der Waals surface area contributed by atoms with Crippen LogP contribution < -0.4 is 21.3 Å². The first-order valence-electron chi connectivity index (χ1n) is 12.1. The van der Waals surface area contributed by atoms with Crippen LogP contribution in [0.15, 0.2) is 63.0 Å². The molecule has 3 atom stereocenters. The molecule has 1 amide bonds. The average Bonchev–Trinajstić information content (AvgIpc) is 2.87. The third-order valence-electron chi connectivity index (χ3n) is 7.08. The summed E-state index contributed by atoms with van der Waals surface area (Å²) in [4.78, 5) is 38.1. The zero-order chi connectivity index (χ0) is 26.0. The molecule has 1 aliphatic carbocycles. The van der Waals surface area contributed by atoms with E-state index in [-0.39, 0.29) is 28.7 Å². The number of aromatic nitrogens is 2. The van der Waals surface area contributed by atoms with Gasteiger partial charge >= 0.3 is 5.69 Å². The van der Waals surface area contributed by atoms with Crippen molar-refractivity contribution in [1.82, 2.24) is 19.2 Å². The van der Waals surface area contributed by atoms with Crippen molar-refractivity contribution in [2.45, 2.75) is 56.0 Å². The fourth-order valence-corrected chi connectivity index (χ4v) is 6.07. The molecule has 1 fully saturated rings. The Morgan fingerprint density at radius 2 is 1.72 bits per heavy atom. The van der Waals surface area contributed by atoms with Crippen LogP contribution in [0.3, 0.4) is 0 Å². The first kappa shape index (κ1) is 25.8. The highest BCUT2D eigenvalue weighted by molar-refractivity contribution is 7.89. The van der Waals surface area contributed by atoms with Crippen LogP contribution in [0, 0.1) is 5.92 Å². The third-order valence-corrected chi connectivity index (χ3v) is 8.55. The van der Waals surface area contributed by atoms with E-state index in [1.54, 1.807) is 0 Å². The van der Waals surface area contributed by atoms with E-state index in [0.717, 1.165) is 35.8 Å². The number of fused-ring (bicyclic) bond motifs is 1. The van der Waals surface area contributed by atoms with Crippen molar-refractivity contribution in [2.75, 3.05) is 0 Å². The van der Waals surface area contributed by atoms with Gasteiger partial charge in [-0.05, 0) is 48.9 Å². The van der Waals surface area contributed by atoms with Crippen LogP contribution >= 0.6 is 0 Å². The van der Waals surface area contributed by atoms with Crippen molar-refractivity contribution < 1.29 is 13.2 Å². The highest BCUT2D eigenvalue weighted by atomic mass is 32.2. The Kier molecular flexibility index (Phi) is 7.46. The lowest BCUT2D eigenvalue weighted by molar-refractivity contribution is -0.124. The predicted octanol–water partition coefficient (Wildman–Crippen LogP) is 1.82. The normalized spacial score (nSPS) is 19.2. The molecule has 0 saturated heterocycles. The standard InChI is InChI=1S/C26H32N4O5S/c1-17-9-7-8-12-21(17)27-24(31)22(15-18-10-5-4-6-11-18)28-36(34,35)19-13-14-23-20(16-19)25(32)30(3)26(33)29(23)2/h4-6,10-11,13-14,16-17,21-22,28H,7-9,12,15H2,1-3H3,(H,27,31)/t17-,21-,22-/m1/s1. The zero-order valence-electron chi connectivity index (χ0n) is 20.7. The number of benzene rings is 2. The summed E-state index contributed by atoms with van der Waals surface area (Å²) in [5.74, 6) is -0.0553. The molecule has 36 heavy (non-hydrogen) atoms. The van der Waals surface area contributed by atoms with Gasteiger partial charge in [0.1, 0.15) is 6.04 Å². The number of amides is 1. The second-order valence-corrected chi connectivity index (χ2v) is 11.3. The van der Waals surface area contributed by atoms with Crippen LogP contribution in [0.5, 0.6) is 0 Å². The van der Waals surface area contributed by atoms with Crippen molar-refractivity contribution in [3.63, 3.8) is 0 Å². The molecule has 0 bridgehead atoms. The second kappa shape index (κ2) is 10.4. The fraction of sp³-hybridized carbons (Fsp3) is 0.423. The van der Waals surface area contributed by atoms with Gasteiger partial charge in [0.2, 0.25) is 15.9 Å². The molecule has 1 aliphatic rings. The maximum atomic E-state index is 13.4. The van der Waals surface area contributed by atoms with E-state index in [1.807, 2.05) is 30.3 Å². The minimum absolute atomic E-state index is 0.000921. The van der Waals surface area contributed by atoms with E-state index in [2.05, 4.69) is 17.0 Å². The highest BCUT2D eigenvalue weighted by Gasteiger charge is 2.30. The molecule has 0 unspecified atom stereocenters. The molecule has 0 aliphatic heterocycles. The SMILES string of the molecule is C[C@@H]1CCCC[C@H]1NC(=O)[C@@H](Cc1ccccc1)NS(=O)(=O)c1ccc2c(c1)c(=O)n(C)c(=O)n2C. The lowest BCUT2D eigenvalue weighted by Gasteiger charge is -2.31. The Balaban J connectivity index is 1.67. The molecule has 2 N–H and O–H groups in total. The van der Waals surface area contributed by atoms with Crippen LogP contribution in [-0.4, -0.2) is 35.5 Å². The first-order chi connectivity index (χ1) is 17.1. The number of aryl methyl sites for hydroxylation is 1. The minimum atomic E-state index is -4.17. The molecular weight excluding hydrogens is 480 g/mol. The molecule has 192 valence electrons. The molecule has 9 nitrogen and oxygen atoms in total. The van der Waals surface area contributed by atoms with Crippen molar-refractivity contribution in [3.05, 3.63) is 74.9 Å². The second-order valence-electron chi connectivity index (χ2n) is 9.63. The molecule has 1 saturated carbocycles. The number of rotatable bonds is 7. The van der Waals surface area contributed by atoms with Gasteiger partial charge in [-0.2, -0.15) is 4.72 Å². The van der Waals surface area contributed by atoms with Gasteiger partial charge in [0.05, 0.1) is 15.8 Å². The smallest absolute Gasteiger partial charge is 0.330 e. The monoisotopic (exact) mass is 512 g/mol. The van der Waals surface area contributed by atoms with Gasteiger partial charge in [-0.1, -0.05) is 50.1 Å². The van der Waals surface area contributed by atoms with E-state index in [0.29, 0.717) is 11.4 Å². The molecule has 1 aromatic heterocycles. The highest BCUT2D eigenvalue weighted by Crippen LogP contribution is 2.24. The minimum Gasteiger partial charge on any atom is -0.352 e. The van der Waals surface area contributed by atoms with E-state index in [9.17, 15) is 22.8 Å². The molecule has 3 aromatic rings. The number of carbonyl (C=O) groups is 1. The third kappa shape index (κ3) is 5.29. The molecule has 10 heteroatoms. The Labute approximate surface area is 210 Å². The fourth-order valence-electron chi connectivity index (χ4n) is 4.85. The Hall–Kier alpha value is -3.24. The number of hydrogen-bond donors (Lipinski definition) is 2. The summed E-state index contributed by atoms with van der Waals surface area (Å²) in [7, 11) is -1.31. The lowest BCUT2D eigenvalue weighted by Crippen LogP contribution is -2.52. The summed E-state index contributed by atoms with van der Waals surface area (Å²) in [6.45, 7) is 2.10. The average molecular weight is 513 g/mol. The quantitative estimate of drug-likeness (QED) is 0.501. The van der Waals surface area contributed by atoms with Crippen molar-refractivity contribution in [3.8, 4) is 0 Å². The number of nitrogens with one attached hydrogen (secondary N) is 2. The largest absolute Gasteiger partial charge is 0.352 e. The van der Waals surface area contributed by atoms with Gasteiger partial charge in [-0.3, -0.25) is 18.7 Å². The van der Waals surface area contributed by atoms with Gasteiger partial charge in [0.25, 0.3) is 5.56 Å². The van der Waals surface area contributed by atoms with Gasteiger partial charge < -0.3 is 5.32 Å². The van der Waals surface area contributed by atoms with E-state index >= 15 is 0 Å². The number of nitrogens with zero attached hydrogens (tertiary/aromatic N) is 2. The Morgan fingerprint density at radius 1 is 1.03 bits per heavy atom. The van der Waals surface area contributed by atoms with Crippen LogP contribution in [0.1, 0.15) is 38.2 Å². The summed E-state index contributed by atoms with van der Waals surface area (Å²) in [5.41, 5.74) is 0.0547. The zero-order valence-corrected chi connectivity index (χ0v) is 21.5. The summed E-state index contributed by atoms with van der Waals surface area (Å²) in [6, 6.07) is 12.2. The van der Waals surface area contributed by atoms with Gasteiger partial charge in [-0.15, -0.1) is 0 Å². The Bertz CT molecular complexity index is 1490. The molecule has 4 rings (SSSR count). The summed E-state index contributed by atoms with van der Waals surface area (Å²) < 4.78 is 31.6. The van der Waals surface area contributed by atoms with Gasteiger partial charge in [-0.25, -0.2) is 13.2 Å². The number of hydrogen-bond acceptors (Lipinski definition) is 5. The maximum absolute atomic E-state index is 13.4. The topological polar surface area (TPSA) is 119 Å². The maximum Gasteiger partial charge on any atom is 0.330 e. The summed E-state index contributed by atoms with van der Waals surface area (Å²) in [5, 5.41) is 3.17. The lowest BCUT2D eigenvalue weighted by atomic mass is 9.86. The molecule has 0 radical (unpaired) electrons. The number of sulfonamides is 1. The first-order valence-corrected chi connectivity index (χ1v) is 13.6. The van der Waals surface area contributed by atoms with Gasteiger partial charge in [0, 0.05) is 20.1 Å². The summed E-state index contributed by atoms with van der Waals surface area (Å²) >= 11 is 0. The van der Waals surface area contributed by atoms with Crippen molar-refractivity contribution in [1.29, 1.82) is 0 Å². The van der Waals surface area contributed by atoms with E-state index < -0.39 is 27.3 Å².